The van der Waals surface area contributed by atoms with Crippen LogP contribution in [0.4, 0.5) is 11.9 Å². The molecule has 0 radical (unpaired) electrons. The highest BCUT2D eigenvalue weighted by Crippen LogP contribution is 2.09. The van der Waals surface area contributed by atoms with Crippen molar-refractivity contribution in [3.63, 3.8) is 0 Å². The van der Waals surface area contributed by atoms with Crippen LogP contribution in [0, 0.1) is 0 Å². The van der Waals surface area contributed by atoms with Gasteiger partial charge in [-0.2, -0.15) is 20.1 Å². The van der Waals surface area contributed by atoms with E-state index in [0.717, 1.165) is 18.5 Å². The Morgan fingerprint density at radius 2 is 1.95 bits per heavy atom. The highest BCUT2D eigenvalue weighted by Gasteiger charge is 2.04. The quantitative estimate of drug-likeness (QED) is 0.832. The minimum atomic E-state index is 0.176. The minimum absolute atomic E-state index is 0.176. The molecule has 0 saturated heterocycles. The smallest absolute Gasteiger partial charge is 0.228 e. The fourth-order valence-corrected chi connectivity index (χ4v) is 1.75. The first kappa shape index (κ1) is 13.5. The standard InChI is InChI=1S/C11H16ClN7/c1-3-13-10-16-9(12)17-11(18-10)14-5-4-8-6-15-19(2)7-8/h6-7H,3-5H2,1-2H3,(H2,13,14,16,17,18). The van der Waals surface area contributed by atoms with Crippen molar-refractivity contribution >= 4 is 23.5 Å². The van der Waals surface area contributed by atoms with E-state index in [1.807, 2.05) is 26.4 Å². The van der Waals surface area contributed by atoms with Gasteiger partial charge in [0.25, 0.3) is 0 Å². The molecule has 0 spiro atoms. The van der Waals surface area contributed by atoms with Gasteiger partial charge in [-0.1, -0.05) is 0 Å². The Bertz CT molecular complexity index is 540. The molecule has 102 valence electrons. The highest BCUT2D eigenvalue weighted by atomic mass is 35.5. The zero-order chi connectivity index (χ0) is 13.7. The normalized spacial score (nSPS) is 10.5. The fourth-order valence-electron chi connectivity index (χ4n) is 1.59. The van der Waals surface area contributed by atoms with Crippen LogP contribution in [0.15, 0.2) is 12.4 Å². The van der Waals surface area contributed by atoms with Crippen LogP contribution >= 0.6 is 11.6 Å². The Balaban J connectivity index is 1.91. The maximum Gasteiger partial charge on any atom is 0.228 e. The third-order valence-electron chi connectivity index (χ3n) is 2.40. The van der Waals surface area contributed by atoms with Crippen LogP contribution in [0.25, 0.3) is 0 Å². The number of halogens is 1. The van der Waals surface area contributed by atoms with E-state index in [1.165, 1.54) is 0 Å². The zero-order valence-electron chi connectivity index (χ0n) is 10.9. The SMILES string of the molecule is CCNc1nc(Cl)nc(NCCc2cnn(C)c2)n1. The summed E-state index contributed by atoms with van der Waals surface area (Å²) in [6, 6.07) is 0. The molecule has 2 heterocycles. The van der Waals surface area contributed by atoms with E-state index in [4.69, 9.17) is 11.6 Å². The molecule has 0 aliphatic heterocycles. The summed E-state index contributed by atoms with van der Waals surface area (Å²) in [5.74, 6) is 0.950. The second-order valence-electron chi connectivity index (χ2n) is 3.98. The van der Waals surface area contributed by atoms with Crippen molar-refractivity contribution in [1.29, 1.82) is 0 Å². The first-order chi connectivity index (χ1) is 9.17. The summed E-state index contributed by atoms with van der Waals surface area (Å²) in [5.41, 5.74) is 1.15. The molecule has 2 aromatic rings. The third kappa shape index (κ3) is 4.06. The molecule has 2 aromatic heterocycles. The summed E-state index contributed by atoms with van der Waals surface area (Å²) in [7, 11) is 1.89. The Labute approximate surface area is 116 Å². The number of anilines is 2. The molecule has 0 amide bonds. The molecule has 0 aromatic carbocycles. The molecule has 2 N–H and O–H groups in total. The van der Waals surface area contributed by atoms with E-state index in [2.05, 4.69) is 30.7 Å². The number of nitrogens with one attached hydrogen (secondary N) is 2. The van der Waals surface area contributed by atoms with Crippen LogP contribution in [0.1, 0.15) is 12.5 Å². The Hall–Kier alpha value is -1.89. The molecule has 0 atom stereocenters. The molecule has 0 aliphatic rings. The van der Waals surface area contributed by atoms with Gasteiger partial charge in [0.2, 0.25) is 17.2 Å². The van der Waals surface area contributed by atoms with E-state index in [0.29, 0.717) is 18.4 Å². The van der Waals surface area contributed by atoms with Gasteiger partial charge < -0.3 is 10.6 Å². The lowest BCUT2D eigenvalue weighted by molar-refractivity contribution is 0.766. The average Bonchev–Trinajstić information content (AvgIpc) is 2.75. The predicted octanol–water partition coefficient (Wildman–Crippen LogP) is 1.34. The topological polar surface area (TPSA) is 80.5 Å². The molecule has 8 heteroatoms. The summed E-state index contributed by atoms with van der Waals surface area (Å²) in [4.78, 5) is 12.2. The van der Waals surface area contributed by atoms with Gasteiger partial charge in [-0.25, -0.2) is 0 Å². The lowest BCUT2D eigenvalue weighted by atomic mass is 10.2. The number of rotatable bonds is 6. The molecule has 2 rings (SSSR count). The second kappa shape index (κ2) is 6.33. The predicted molar refractivity (Wildman–Crippen MR) is 74.4 cm³/mol. The summed E-state index contributed by atoms with van der Waals surface area (Å²) in [5, 5.41) is 10.4. The van der Waals surface area contributed by atoms with Gasteiger partial charge >= 0.3 is 0 Å². The first-order valence-electron chi connectivity index (χ1n) is 6.04. The van der Waals surface area contributed by atoms with Crippen molar-refractivity contribution < 1.29 is 0 Å². The molecular formula is C11H16ClN7. The number of hydrogen-bond acceptors (Lipinski definition) is 6. The van der Waals surface area contributed by atoms with Crippen LogP contribution in [-0.2, 0) is 13.5 Å². The molecule has 19 heavy (non-hydrogen) atoms. The summed E-state index contributed by atoms with van der Waals surface area (Å²) in [6.07, 6.45) is 4.66. The van der Waals surface area contributed by atoms with Gasteiger partial charge in [0.1, 0.15) is 0 Å². The number of nitrogens with zero attached hydrogens (tertiary/aromatic N) is 5. The lowest BCUT2D eigenvalue weighted by Gasteiger charge is -2.06. The number of aromatic nitrogens is 5. The zero-order valence-corrected chi connectivity index (χ0v) is 11.6. The van der Waals surface area contributed by atoms with Crippen molar-refractivity contribution in [2.75, 3.05) is 23.7 Å². The van der Waals surface area contributed by atoms with Crippen molar-refractivity contribution in [1.82, 2.24) is 24.7 Å². The van der Waals surface area contributed by atoms with Gasteiger partial charge in [0.15, 0.2) is 0 Å². The summed E-state index contributed by atoms with van der Waals surface area (Å²) in [6.45, 7) is 3.40. The van der Waals surface area contributed by atoms with Gasteiger partial charge in [-0.05, 0) is 30.5 Å². The maximum absolute atomic E-state index is 5.83. The van der Waals surface area contributed by atoms with Gasteiger partial charge in [0.05, 0.1) is 6.20 Å². The fraction of sp³-hybridized carbons (Fsp3) is 0.455. The number of hydrogen-bond donors (Lipinski definition) is 2. The second-order valence-corrected chi connectivity index (χ2v) is 4.32. The van der Waals surface area contributed by atoms with Gasteiger partial charge in [-0.15, -0.1) is 0 Å². The lowest BCUT2D eigenvalue weighted by Crippen LogP contribution is -2.11. The van der Waals surface area contributed by atoms with Crippen LogP contribution in [0.2, 0.25) is 5.28 Å². The van der Waals surface area contributed by atoms with Gasteiger partial charge in [0, 0.05) is 26.3 Å². The molecular weight excluding hydrogens is 266 g/mol. The van der Waals surface area contributed by atoms with E-state index >= 15 is 0 Å². The maximum atomic E-state index is 5.83. The molecule has 0 unspecified atom stereocenters. The minimum Gasteiger partial charge on any atom is -0.354 e. The van der Waals surface area contributed by atoms with Crippen molar-refractivity contribution in [2.24, 2.45) is 7.05 Å². The molecule has 0 bridgehead atoms. The van der Waals surface area contributed by atoms with Crippen molar-refractivity contribution in [3.05, 3.63) is 23.2 Å². The monoisotopic (exact) mass is 281 g/mol. The average molecular weight is 282 g/mol. The Morgan fingerprint density at radius 1 is 1.21 bits per heavy atom. The third-order valence-corrected chi connectivity index (χ3v) is 2.57. The van der Waals surface area contributed by atoms with E-state index < -0.39 is 0 Å². The number of aryl methyl sites for hydroxylation is 1. The van der Waals surface area contributed by atoms with Crippen molar-refractivity contribution in [2.45, 2.75) is 13.3 Å². The van der Waals surface area contributed by atoms with Crippen LogP contribution in [0.3, 0.4) is 0 Å². The largest absolute Gasteiger partial charge is 0.354 e. The Morgan fingerprint density at radius 3 is 2.58 bits per heavy atom. The summed E-state index contributed by atoms with van der Waals surface area (Å²) >= 11 is 5.83. The molecule has 0 aliphatic carbocycles. The summed E-state index contributed by atoms with van der Waals surface area (Å²) < 4.78 is 1.78. The van der Waals surface area contributed by atoms with E-state index in [-0.39, 0.29) is 5.28 Å². The Kier molecular flexibility index (Phi) is 4.51. The molecule has 0 fully saturated rings. The molecule has 0 saturated carbocycles. The van der Waals surface area contributed by atoms with Crippen LogP contribution in [0.5, 0.6) is 0 Å². The van der Waals surface area contributed by atoms with Crippen molar-refractivity contribution in [3.8, 4) is 0 Å². The first-order valence-corrected chi connectivity index (χ1v) is 6.42. The highest BCUT2D eigenvalue weighted by molar-refractivity contribution is 6.28. The van der Waals surface area contributed by atoms with Crippen LogP contribution in [-0.4, -0.2) is 37.8 Å². The van der Waals surface area contributed by atoms with Crippen LogP contribution < -0.4 is 10.6 Å². The van der Waals surface area contributed by atoms with E-state index in [1.54, 1.807) is 4.68 Å². The van der Waals surface area contributed by atoms with Gasteiger partial charge in [-0.3, -0.25) is 4.68 Å². The van der Waals surface area contributed by atoms with E-state index in [9.17, 15) is 0 Å². The molecule has 7 nitrogen and oxygen atoms in total.